The Morgan fingerprint density at radius 3 is 2.45 bits per heavy atom. The van der Waals surface area contributed by atoms with Crippen LogP contribution < -0.4 is 16.1 Å². The Morgan fingerprint density at radius 2 is 1.74 bits per heavy atom. The number of anilines is 2. The average Bonchev–Trinajstić information content (AvgIpc) is 3.15. The molecule has 0 fully saturated rings. The Hall–Kier alpha value is -3.32. The normalized spacial score (nSPS) is 16.0. The number of hydrogen-bond acceptors (Lipinski definition) is 4. The summed E-state index contributed by atoms with van der Waals surface area (Å²) in [6.45, 7) is 3.78. The number of fused-ring (bicyclic) bond motifs is 3. The van der Waals surface area contributed by atoms with Crippen LogP contribution in [0, 0.1) is 5.92 Å². The molecule has 0 radical (unpaired) electrons. The third-order valence-electron chi connectivity index (χ3n) is 5.76. The van der Waals surface area contributed by atoms with Crippen molar-refractivity contribution in [3.63, 3.8) is 0 Å². The first-order valence-corrected chi connectivity index (χ1v) is 10.6. The number of benzene rings is 2. The second-order valence-electron chi connectivity index (χ2n) is 8.11. The van der Waals surface area contributed by atoms with Crippen molar-refractivity contribution in [1.29, 1.82) is 0 Å². The van der Waals surface area contributed by atoms with E-state index < -0.39 is 0 Å². The first kappa shape index (κ1) is 19.6. The molecule has 1 aliphatic rings. The molecular formula is C23H22ClN5O2. The Bertz CT molecular complexity index is 1390. The Kier molecular flexibility index (Phi) is 4.70. The zero-order chi connectivity index (χ0) is 21.7. The van der Waals surface area contributed by atoms with Crippen LogP contribution >= 0.6 is 11.6 Å². The molecule has 2 aromatic heterocycles. The Balaban J connectivity index is 1.73. The molecule has 2 aromatic carbocycles. The van der Waals surface area contributed by atoms with E-state index in [4.69, 9.17) is 16.6 Å². The van der Waals surface area contributed by atoms with E-state index in [9.17, 15) is 9.59 Å². The maximum absolute atomic E-state index is 13.5. The highest BCUT2D eigenvalue weighted by Crippen LogP contribution is 2.33. The summed E-state index contributed by atoms with van der Waals surface area (Å²) >= 11 is 6.07. The van der Waals surface area contributed by atoms with Crippen molar-refractivity contribution in [2.75, 3.05) is 11.4 Å². The van der Waals surface area contributed by atoms with E-state index in [0.717, 1.165) is 17.8 Å². The van der Waals surface area contributed by atoms with Crippen molar-refractivity contribution in [1.82, 2.24) is 18.7 Å². The highest BCUT2D eigenvalue weighted by molar-refractivity contribution is 6.30. The lowest BCUT2D eigenvalue weighted by Gasteiger charge is -2.33. The summed E-state index contributed by atoms with van der Waals surface area (Å²) in [6.07, 6.45) is 0. The van der Waals surface area contributed by atoms with Gasteiger partial charge in [0.15, 0.2) is 11.2 Å². The van der Waals surface area contributed by atoms with Crippen LogP contribution in [0.4, 0.5) is 11.6 Å². The maximum atomic E-state index is 13.5. The van der Waals surface area contributed by atoms with Crippen LogP contribution in [-0.2, 0) is 20.1 Å². The number of hydrogen-bond donors (Lipinski definition) is 0. The number of nitrogens with zero attached hydrogens (tertiary/aromatic N) is 5. The molecule has 0 aliphatic carbocycles. The molecule has 7 nitrogen and oxygen atoms in total. The summed E-state index contributed by atoms with van der Waals surface area (Å²) in [6, 6.07) is 17.1. The van der Waals surface area contributed by atoms with E-state index in [1.807, 2.05) is 59.2 Å². The molecule has 0 saturated carbocycles. The standard InChI is InChI=1S/C23H22ClN5O2/c1-15-12-27(18-10-8-17(24)9-11-18)22-25-20-19(28(22)13-15)21(30)29(23(31)26(20)2)14-16-6-4-3-5-7-16/h3-11,15H,12-14H2,1-2H3/t15-/m1/s1. The molecule has 31 heavy (non-hydrogen) atoms. The molecular weight excluding hydrogens is 414 g/mol. The summed E-state index contributed by atoms with van der Waals surface area (Å²) in [5.41, 5.74) is 2.02. The van der Waals surface area contributed by atoms with Gasteiger partial charge >= 0.3 is 5.69 Å². The monoisotopic (exact) mass is 435 g/mol. The lowest BCUT2D eigenvalue weighted by Crippen LogP contribution is -2.40. The summed E-state index contributed by atoms with van der Waals surface area (Å²) in [7, 11) is 1.67. The third-order valence-corrected chi connectivity index (χ3v) is 6.02. The SMILES string of the molecule is C[C@@H]1CN(c2ccc(Cl)cc2)c2nc3c(c(=O)n(Cc4ccccc4)c(=O)n3C)n2C1. The average molecular weight is 436 g/mol. The van der Waals surface area contributed by atoms with Crippen LogP contribution in [0.25, 0.3) is 11.2 Å². The minimum atomic E-state index is -0.372. The molecule has 0 spiro atoms. The van der Waals surface area contributed by atoms with Gasteiger partial charge in [0.25, 0.3) is 5.56 Å². The molecule has 0 bridgehead atoms. The third kappa shape index (κ3) is 3.25. The lowest BCUT2D eigenvalue weighted by atomic mass is 10.1. The van der Waals surface area contributed by atoms with Gasteiger partial charge in [-0.25, -0.2) is 4.79 Å². The van der Waals surface area contributed by atoms with Gasteiger partial charge in [0.2, 0.25) is 5.95 Å². The summed E-state index contributed by atoms with van der Waals surface area (Å²) in [4.78, 5) is 33.3. The number of aromatic nitrogens is 4. The topological polar surface area (TPSA) is 65.1 Å². The minimum absolute atomic E-state index is 0.221. The van der Waals surface area contributed by atoms with Crippen LogP contribution in [0.5, 0.6) is 0 Å². The van der Waals surface area contributed by atoms with Gasteiger partial charge in [0.05, 0.1) is 6.54 Å². The number of imidazole rings is 1. The van der Waals surface area contributed by atoms with Gasteiger partial charge < -0.3 is 9.47 Å². The van der Waals surface area contributed by atoms with Gasteiger partial charge in [-0.2, -0.15) is 4.98 Å². The van der Waals surface area contributed by atoms with Gasteiger partial charge in [-0.3, -0.25) is 13.9 Å². The molecule has 5 rings (SSSR count). The fraction of sp³-hybridized carbons (Fsp3) is 0.261. The van der Waals surface area contributed by atoms with Crippen LogP contribution in [0.15, 0.2) is 64.2 Å². The van der Waals surface area contributed by atoms with Gasteiger partial charge in [0.1, 0.15) is 0 Å². The van der Waals surface area contributed by atoms with E-state index in [0.29, 0.717) is 34.6 Å². The zero-order valence-corrected chi connectivity index (χ0v) is 18.1. The highest BCUT2D eigenvalue weighted by Gasteiger charge is 2.29. The van der Waals surface area contributed by atoms with Crippen molar-refractivity contribution in [2.45, 2.75) is 20.0 Å². The fourth-order valence-electron chi connectivity index (χ4n) is 4.25. The van der Waals surface area contributed by atoms with E-state index >= 15 is 0 Å². The Morgan fingerprint density at radius 1 is 1.03 bits per heavy atom. The maximum Gasteiger partial charge on any atom is 0.332 e. The quantitative estimate of drug-likeness (QED) is 0.495. The van der Waals surface area contributed by atoms with Crippen molar-refractivity contribution < 1.29 is 0 Å². The van der Waals surface area contributed by atoms with Crippen molar-refractivity contribution in [3.8, 4) is 0 Å². The molecule has 8 heteroatoms. The van der Waals surface area contributed by atoms with Crippen molar-refractivity contribution in [3.05, 3.63) is 86.0 Å². The molecule has 0 saturated heterocycles. The molecule has 4 aromatic rings. The van der Waals surface area contributed by atoms with Crippen LogP contribution in [0.3, 0.4) is 0 Å². The smallest absolute Gasteiger partial charge is 0.312 e. The molecule has 0 unspecified atom stereocenters. The lowest BCUT2D eigenvalue weighted by molar-refractivity contribution is 0.458. The van der Waals surface area contributed by atoms with Gasteiger partial charge in [-0.1, -0.05) is 48.9 Å². The molecule has 1 atom stereocenters. The minimum Gasteiger partial charge on any atom is -0.312 e. The molecule has 3 heterocycles. The van der Waals surface area contributed by atoms with Gasteiger partial charge in [0, 0.05) is 30.8 Å². The Labute approximate surface area is 183 Å². The largest absolute Gasteiger partial charge is 0.332 e. The molecule has 158 valence electrons. The molecule has 1 aliphatic heterocycles. The number of rotatable bonds is 3. The van der Waals surface area contributed by atoms with Gasteiger partial charge in [-0.05, 0) is 35.7 Å². The zero-order valence-electron chi connectivity index (χ0n) is 17.3. The summed E-state index contributed by atoms with van der Waals surface area (Å²) in [5, 5.41) is 0.661. The van der Waals surface area contributed by atoms with E-state index in [-0.39, 0.29) is 17.8 Å². The van der Waals surface area contributed by atoms with Crippen molar-refractivity contribution >= 4 is 34.4 Å². The predicted molar refractivity (Wildman–Crippen MR) is 122 cm³/mol. The first-order valence-electron chi connectivity index (χ1n) is 10.2. The summed E-state index contributed by atoms with van der Waals surface area (Å²) < 4.78 is 4.70. The van der Waals surface area contributed by atoms with Crippen LogP contribution in [0.1, 0.15) is 12.5 Å². The van der Waals surface area contributed by atoms with E-state index in [1.165, 1.54) is 9.13 Å². The second kappa shape index (κ2) is 7.42. The second-order valence-corrected chi connectivity index (χ2v) is 8.54. The molecule has 0 N–H and O–H groups in total. The first-order chi connectivity index (χ1) is 14.9. The summed E-state index contributed by atoms with van der Waals surface area (Å²) in [5.74, 6) is 0.958. The predicted octanol–water partition coefficient (Wildman–Crippen LogP) is 3.39. The van der Waals surface area contributed by atoms with Crippen LogP contribution in [0.2, 0.25) is 5.02 Å². The van der Waals surface area contributed by atoms with Crippen LogP contribution in [-0.4, -0.2) is 25.2 Å². The fourth-order valence-corrected chi connectivity index (χ4v) is 4.38. The van der Waals surface area contributed by atoms with Gasteiger partial charge in [-0.15, -0.1) is 0 Å². The number of aryl methyl sites for hydroxylation is 1. The number of halogens is 1. The van der Waals surface area contributed by atoms with E-state index in [1.54, 1.807) is 7.05 Å². The van der Waals surface area contributed by atoms with Crippen molar-refractivity contribution in [2.24, 2.45) is 13.0 Å². The highest BCUT2D eigenvalue weighted by atomic mass is 35.5. The van der Waals surface area contributed by atoms with E-state index in [2.05, 4.69) is 11.8 Å². The molecule has 0 amide bonds.